The van der Waals surface area contributed by atoms with Crippen molar-refractivity contribution in [1.29, 1.82) is 0 Å². The second-order valence-electron chi connectivity index (χ2n) is 3.53. The van der Waals surface area contributed by atoms with Gasteiger partial charge in [-0.2, -0.15) is 0 Å². The van der Waals surface area contributed by atoms with Crippen LogP contribution in [0.2, 0.25) is 0 Å². The van der Waals surface area contributed by atoms with Crippen LogP contribution in [0.5, 0.6) is 0 Å². The molecule has 0 saturated carbocycles. The Kier molecular flexibility index (Phi) is 3.28. The minimum atomic E-state index is -0.204. The third-order valence-electron chi connectivity index (χ3n) is 2.31. The Morgan fingerprint density at radius 3 is 3.00 bits per heavy atom. The molecule has 6 heteroatoms. The van der Waals surface area contributed by atoms with E-state index in [0.717, 1.165) is 16.6 Å². The molecule has 17 heavy (non-hydrogen) atoms. The maximum atomic E-state index is 11.1. The van der Waals surface area contributed by atoms with E-state index >= 15 is 0 Å². The number of hydrogen-bond donors (Lipinski definition) is 2. The molecule has 1 heterocycles. The van der Waals surface area contributed by atoms with E-state index in [-0.39, 0.29) is 5.69 Å². The van der Waals surface area contributed by atoms with Crippen molar-refractivity contribution in [3.63, 3.8) is 0 Å². The molecule has 1 aromatic carbocycles. The molecule has 0 atom stereocenters. The van der Waals surface area contributed by atoms with Gasteiger partial charge in [0, 0.05) is 11.5 Å². The first kappa shape index (κ1) is 11.0. The van der Waals surface area contributed by atoms with Crippen molar-refractivity contribution in [2.75, 3.05) is 6.54 Å². The third-order valence-corrected chi connectivity index (χ3v) is 2.31. The van der Waals surface area contributed by atoms with Gasteiger partial charge in [0.1, 0.15) is 0 Å². The second-order valence-corrected chi connectivity index (χ2v) is 3.53. The van der Waals surface area contributed by atoms with Gasteiger partial charge in [0.05, 0.1) is 11.0 Å². The van der Waals surface area contributed by atoms with Crippen LogP contribution in [-0.2, 0) is 0 Å². The standard InChI is InChI=1S/C11H11N5O/c12-16-13-6-2-1-3-8-4-5-9-10(7-8)15-11(17)14-9/h1,3-5,7H,2,6H2,(H2,14,15,17). The number of hydrogen-bond acceptors (Lipinski definition) is 2. The molecule has 0 radical (unpaired) electrons. The van der Waals surface area contributed by atoms with Gasteiger partial charge in [-0.15, -0.1) is 0 Å². The molecule has 86 valence electrons. The van der Waals surface area contributed by atoms with E-state index < -0.39 is 0 Å². The number of azide groups is 1. The highest BCUT2D eigenvalue weighted by Gasteiger charge is 1.97. The maximum absolute atomic E-state index is 11.1. The monoisotopic (exact) mass is 229 g/mol. The molecule has 1 aromatic heterocycles. The molecule has 2 N–H and O–H groups in total. The van der Waals surface area contributed by atoms with Gasteiger partial charge in [-0.3, -0.25) is 0 Å². The number of benzene rings is 1. The van der Waals surface area contributed by atoms with Crippen LogP contribution >= 0.6 is 0 Å². The predicted octanol–water partition coefficient (Wildman–Crippen LogP) is 2.57. The number of H-pyrrole nitrogens is 2. The fraction of sp³-hybridized carbons (Fsp3) is 0.182. The molecule has 0 unspecified atom stereocenters. The lowest BCUT2D eigenvalue weighted by Crippen LogP contribution is -1.99. The van der Waals surface area contributed by atoms with Crippen LogP contribution in [0.4, 0.5) is 0 Å². The van der Waals surface area contributed by atoms with Gasteiger partial charge in [-0.05, 0) is 29.6 Å². The highest BCUT2D eigenvalue weighted by atomic mass is 16.1. The third kappa shape index (κ3) is 2.76. The topological polar surface area (TPSA) is 97.4 Å². The van der Waals surface area contributed by atoms with Crippen molar-refractivity contribution in [1.82, 2.24) is 9.97 Å². The summed E-state index contributed by atoms with van der Waals surface area (Å²) in [5.74, 6) is 0. The van der Waals surface area contributed by atoms with Crippen LogP contribution in [-0.4, -0.2) is 16.5 Å². The Hall–Kier alpha value is -2.46. The summed E-state index contributed by atoms with van der Waals surface area (Å²) < 4.78 is 0. The van der Waals surface area contributed by atoms with Crippen molar-refractivity contribution in [3.8, 4) is 0 Å². The molecule has 0 amide bonds. The van der Waals surface area contributed by atoms with Crippen molar-refractivity contribution in [3.05, 3.63) is 50.8 Å². The van der Waals surface area contributed by atoms with Crippen molar-refractivity contribution in [2.45, 2.75) is 6.42 Å². The van der Waals surface area contributed by atoms with E-state index in [1.165, 1.54) is 0 Å². The average Bonchev–Trinajstić information content (AvgIpc) is 2.68. The number of imidazole rings is 1. The molecule has 2 aromatic rings. The summed E-state index contributed by atoms with van der Waals surface area (Å²) in [4.78, 5) is 19.1. The van der Waals surface area contributed by atoms with Crippen molar-refractivity contribution >= 4 is 17.1 Å². The molecule has 0 spiro atoms. The average molecular weight is 229 g/mol. The van der Waals surface area contributed by atoms with Crippen LogP contribution in [0.25, 0.3) is 27.6 Å². The Labute approximate surface area is 96.6 Å². The Morgan fingerprint density at radius 1 is 1.35 bits per heavy atom. The van der Waals surface area contributed by atoms with E-state index in [4.69, 9.17) is 5.53 Å². The highest BCUT2D eigenvalue weighted by molar-refractivity contribution is 5.77. The van der Waals surface area contributed by atoms with Gasteiger partial charge in [0.2, 0.25) is 0 Å². The fourth-order valence-electron chi connectivity index (χ4n) is 1.55. The maximum Gasteiger partial charge on any atom is 0.323 e. The van der Waals surface area contributed by atoms with E-state index in [0.29, 0.717) is 13.0 Å². The lowest BCUT2D eigenvalue weighted by atomic mass is 10.2. The molecule has 2 rings (SSSR count). The number of aromatic amines is 2. The van der Waals surface area contributed by atoms with Crippen molar-refractivity contribution < 1.29 is 0 Å². The first-order chi connectivity index (χ1) is 8.29. The van der Waals surface area contributed by atoms with E-state index in [9.17, 15) is 4.79 Å². The Morgan fingerprint density at radius 2 is 2.18 bits per heavy atom. The summed E-state index contributed by atoms with van der Waals surface area (Å²) in [6.07, 6.45) is 4.56. The number of fused-ring (bicyclic) bond motifs is 1. The van der Waals surface area contributed by atoms with Crippen LogP contribution in [0.15, 0.2) is 34.2 Å². The Balaban J connectivity index is 2.13. The number of nitrogens with zero attached hydrogens (tertiary/aromatic N) is 3. The zero-order chi connectivity index (χ0) is 12.1. The minimum absolute atomic E-state index is 0.204. The SMILES string of the molecule is [N-]=[N+]=NCCC=Cc1ccc2[nH]c(=O)[nH]c2c1. The number of aromatic nitrogens is 2. The quantitative estimate of drug-likeness (QED) is 0.358. The molecule has 0 aliphatic rings. The zero-order valence-corrected chi connectivity index (χ0v) is 9.05. The van der Waals surface area contributed by atoms with Gasteiger partial charge in [0.15, 0.2) is 0 Å². The molecule has 0 bridgehead atoms. The smallest absolute Gasteiger partial charge is 0.306 e. The van der Waals surface area contributed by atoms with Crippen LogP contribution in [0.3, 0.4) is 0 Å². The van der Waals surface area contributed by atoms with Crippen LogP contribution in [0.1, 0.15) is 12.0 Å². The molecule has 0 aliphatic carbocycles. The fourth-order valence-corrected chi connectivity index (χ4v) is 1.55. The lowest BCUT2D eigenvalue weighted by Gasteiger charge is -1.93. The Bertz CT molecular complexity index is 645. The van der Waals surface area contributed by atoms with Gasteiger partial charge >= 0.3 is 5.69 Å². The molecule has 6 nitrogen and oxygen atoms in total. The van der Waals surface area contributed by atoms with Gasteiger partial charge < -0.3 is 9.97 Å². The summed E-state index contributed by atoms with van der Waals surface area (Å²) in [5, 5.41) is 3.43. The molecule has 0 aliphatic heterocycles. The summed E-state index contributed by atoms with van der Waals surface area (Å²) in [6, 6.07) is 5.65. The predicted molar refractivity (Wildman–Crippen MR) is 66.6 cm³/mol. The summed E-state index contributed by atoms with van der Waals surface area (Å²) in [7, 11) is 0. The number of nitrogens with one attached hydrogen (secondary N) is 2. The first-order valence-electron chi connectivity index (χ1n) is 5.19. The van der Waals surface area contributed by atoms with E-state index in [1.807, 2.05) is 30.4 Å². The van der Waals surface area contributed by atoms with E-state index in [1.54, 1.807) is 0 Å². The van der Waals surface area contributed by atoms with E-state index in [2.05, 4.69) is 20.0 Å². The largest absolute Gasteiger partial charge is 0.323 e. The second kappa shape index (κ2) is 5.05. The van der Waals surface area contributed by atoms with Crippen LogP contribution < -0.4 is 5.69 Å². The minimum Gasteiger partial charge on any atom is -0.306 e. The van der Waals surface area contributed by atoms with Gasteiger partial charge in [0.25, 0.3) is 0 Å². The zero-order valence-electron chi connectivity index (χ0n) is 9.05. The molecule has 0 saturated heterocycles. The number of rotatable bonds is 4. The molecular formula is C11H11N5O. The first-order valence-corrected chi connectivity index (χ1v) is 5.19. The molecule has 0 fully saturated rings. The van der Waals surface area contributed by atoms with Crippen molar-refractivity contribution in [2.24, 2.45) is 5.11 Å². The summed E-state index contributed by atoms with van der Waals surface area (Å²) in [5.41, 5.74) is 10.5. The summed E-state index contributed by atoms with van der Waals surface area (Å²) >= 11 is 0. The lowest BCUT2D eigenvalue weighted by molar-refractivity contribution is 0.996. The highest BCUT2D eigenvalue weighted by Crippen LogP contribution is 2.11. The normalized spacial score (nSPS) is 10.8. The summed E-state index contributed by atoms with van der Waals surface area (Å²) in [6.45, 7) is 0.455. The van der Waals surface area contributed by atoms with Gasteiger partial charge in [-0.25, -0.2) is 4.79 Å². The molecular weight excluding hydrogens is 218 g/mol. The van der Waals surface area contributed by atoms with Gasteiger partial charge in [-0.1, -0.05) is 23.3 Å². The van der Waals surface area contributed by atoms with Crippen LogP contribution in [0, 0.1) is 0 Å².